The Morgan fingerprint density at radius 2 is 1.39 bits per heavy atom. The first kappa shape index (κ1) is 14.9. The van der Waals surface area contributed by atoms with Crippen molar-refractivity contribution in [1.29, 1.82) is 0 Å². The number of esters is 4. The lowest BCUT2D eigenvalue weighted by Gasteiger charge is -2.41. The number of alkyl halides is 1. The molecule has 0 aromatic rings. The van der Waals surface area contributed by atoms with Crippen molar-refractivity contribution in [3.8, 4) is 0 Å². The molecule has 0 amide bonds. The van der Waals surface area contributed by atoms with Gasteiger partial charge in [-0.25, -0.2) is 4.79 Å². The molecule has 0 aliphatic carbocycles. The summed E-state index contributed by atoms with van der Waals surface area (Å²) < 4.78 is 46.0. The van der Waals surface area contributed by atoms with Gasteiger partial charge in [-0.05, 0) is 0 Å². The number of hydrogen-bond donors (Lipinski definition) is 0. The number of ether oxygens (including phenoxy) is 5. The number of carbonyl (C=O) groups excluding carboxylic acids is 4. The normalized spacial score (nSPS) is 31.7. The van der Waals surface area contributed by atoms with E-state index in [-0.39, 0.29) is 0 Å². The third-order valence-corrected chi connectivity index (χ3v) is 3.45. The van der Waals surface area contributed by atoms with Gasteiger partial charge in [-0.3, -0.25) is 14.4 Å². The zero-order chi connectivity index (χ0) is 19.9. The second-order valence-electron chi connectivity index (χ2n) is 4.29. The van der Waals surface area contributed by atoms with Crippen molar-refractivity contribution in [3.63, 3.8) is 0 Å². The highest BCUT2D eigenvalue weighted by atomic mass is 79.9. The Labute approximate surface area is 144 Å². The third-order valence-electron chi connectivity index (χ3n) is 2.72. The second kappa shape index (κ2) is 8.25. The average molecular weight is 400 g/mol. The van der Waals surface area contributed by atoms with Gasteiger partial charge in [-0.1, -0.05) is 15.9 Å². The molecule has 1 rings (SSSR count). The minimum absolute atomic E-state index is 0.743. The van der Waals surface area contributed by atoms with Gasteiger partial charge >= 0.3 is 23.9 Å². The van der Waals surface area contributed by atoms with Crippen LogP contribution in [0.1, 0.15) is 24.8 Å². The largest absolute Gasteiger partial charge is 0.467 e. The molecule has 1 saturated heterocycles. The summed E-state index contributed by atoms with van der Waals surface area (Å²) >= 11 is 3.03. The molecule has 1 fully saturated rings. The Kier molecular flexibility index (Phi) is 5.34. The molecular formula is C13H17BrO9. The molecule has 1 aliphatic rings. The molecule has 0 bridgehead atoms. The SMILES string of the molecule is [2H]CC(=O)O[C@H]1[C@H](OC(=O)C[2H])[C@@H](OC(=O)C[2H])C(Br)O[C@@H]1C(=O)OC. The molecule has 0 aromatic heterocycles. The van der Waals surface area contributed by atoms with Gasteiger partial charge in [-0.15, -0.1) is 0 Å². The summed E-state index contributed by atoms with van der Waals surface area (Å²) in [4.78, 5) is 46.6. The Balaban J connectivity index is 3.26. The maximum atomic E-state index is 12.0. The first-order chi connectivity index (χ1) is 12.3. The first-order valence-electron chi connectivity index (χ1n) is 8.24. The summed E-state index contributed by atoms with van der Waals surface area (Å²) in [6.45, 7) is -2.32. The minimum Gasteiger partial charge on any atom is -0.467 e. The van der Waals surface area contributed by atoms with E-state index in [0.29, 0.717) is 0 Å². The van der Waals surface area contributed by atoms with Gasteiger partial charge in [0.25, 0.3) is 0 Å². The van der Waals surface area contributed by atoms with Crippen molar-refractivity contribution in [2.75, 3.05) is 7.11 Å². The fourth-order valence-corrected chi connectivity index (χ4v) is 2.59. The van der Waals surface area contributed by atoms with Crippen molar-refractivity contribution in [3.05, 3.63) is 0 Å². The number of rotatable bonds is 4. The molecule has 0 spiro atoms. The monoisotopic (exact) mass is 399 g/mol. The Bertz CT molecular complexity index is 547. The van der Waals surface area contributed by atoms with Crippen molar-refractivity contribution in [2.24, 2.45) is 0 Å². The summed E-state index contributed by atoms with van der Waals surface area (Å²) in [5.74, 6) is -4.05. The molecule has 1 heterocycles. The van der Waals surface area contributed by atoms with Crippen LogP contribution in [-0.2, 0) is 42.9 Å². The van der Waals surface area contributed by atoms with Crippen LogP contribution < -0.4 is 0 Å². The summed E-state index contributed by atoms with van der Waals surface area (Å²) in [7, 11) is 1.05. The van der Waals surface area contributed by atoms with Crippen molar-refractivity contribution in [1.82, 2.24) is 0 Å². The number of halogens is 1. The zero-order valence-corrected chi connectivity index (χ0v) is 13.6. The lowest BCUT2D eigenvalue weighted by Crippen LogP contribution is -2.61. The van der Waals surface area contributed by atoms with E-state index >= 15 is 0 Å². The first-order valence-corrected chi connectivity index (χ1v) is 7.04. The van der Waals surface area contributed by atoms with Crippen LogP contribution in [0.3, 0.4) is 0 Å². The lowest BCUT2D eigenvalue weighted by atomic mass is 9.99. The fraction of sp³-hybridized carbons (Fsp3) is 0.692. The van der Waals surface area contributed by atoms with Crippen molar-refractivity contribution in [2.45, 2.75) is 50.1 Å². The predicted octanol–water partition coefficient (Wildman–Crippen LogP) is 0.0743. The van der Waals surface area contributed by atoms with Crippen LogP contribution in [0.25, 0.3) is 0 Å². The molecule has 0 saturated carbocycles. The van der Waals surface area contributed by atoms with Gasteiger partial charge in [-0.2, -0.15) is 0 Å². The topological polar surface area (TPSA) is 114 Å². The Morgan fingerprint density at radius 3 is 1.87 bits per heavy atom. The maximum Gasteiger partial charge on any atom is 0.339 e. The van der Waals surface area contributed by atoms with E-state index in [0.717, 1.165) is 7.11 Å². The molecule has 0 radical (unpaired) electrons. The van der Waals surface area contributed by atoms with Gasteiger partial charge in [0.05, 0.1) is 7.11 Å². The van der Waals surface area contributed by atoms with E-state index in [2.05, 4.69) is 20.7 Å². The summed E-state index contributed by atoms with van der Waals surface area (Å²) in [5, 5.41) is -1.17. The maximum absolute atomic E-state index is 12.0. The molecule has 130 valence electrons. The molecule has 5 atom stereocenters. The van der Waals surface area contributed by atoms with Crippen LogP contribution in [0, 0.1) is 0 Å². The van der Waals surface area contributed by atoms with Crippen molar-refractivity contribution < 1.29 is 47.0 Å². The second-order valence-corrected chi connectivity index (χ2v) is 5.20. The quantitative estimate of drug-likeness (QED) is 0.367. The summed E-state index contributed by atoms with van der Waals surface area (Å²) in [6.07, 6.45) is -6.05. The molecule has 0 N–H and O–H groups in total. The molecule has 1 unspecified atom stereocenters. The van der Waals surface area contributed by atoms with Crippen LogP contribution in [0.15, 0.2) is 0 Å². The number of hydrogen-bond acceptors (Lipinski definition) is 9. The van der Waals surface area contributed by atoms with Crippen LogP contribution in [-0.4, -0.2) is 60.4 Å². The van der Waals surface area contributed by atoms with Gasteiger partial charge in [0.15, 0.2) is 29.4 Å². The molecule has 0 aromatic carbocycles. The molecule has 1 aliphatic heterocycles. The van der Waals surface area contributed by atoms with Crippen LogP contribution >= 0.6 is 15.9 Å². The lowest BCUT2D eigenvalue weighted by molar-refractivity contribution is -0.234. The minimum atomic E-state index is -1.59. The highest BCUT2D eigenvalue weighted by Crippen LogP contribution is 2.31. The number of methoxy groups -OCH3 is 1. The van der Waals surface area contributed by atoms with Crippen LogP contribution in [0.5, 0.6) is 0 Å². The van der Waals surface area contributed by atoms with Crippen molar-refractivity contribution >= 4 is 39.8 Å². The Hall–Kier alpha value is -1.68. The van der Waals surface area contributed by atoms with Gasteiger partial charge in [0, 0.05) is 24.8 Å². The highest BCUT2D eigenvalue weighted by Gasteiger charge is 2.53. The fourth-order valence-electron chi connectivity index (χ4n) is 1.95. The van der Waals surface area contributed by atoms with E-state index < -0.39 is 74.0 Å². The van der Waals surface area contributed by atoms with E-state index in [1.165, 1.54) is 0 Å². The Morgan fingerprint density at radius 1 is 0.913 bits per heavy atom. The predicted molar refractivity (Wildman–Crippen MR) is 76.3 cm³/mol. The smallest absolute Gasteiger partial charge is 0.339 e. The third kappa shape index (κ3) is 5.17. The standard InChI is InChI=1S/C13H17BrO9/c1-5(15)20-8-9(21-6(2)16)11(13(18)19-4)23-12(14)10(8)22-7(3)17/h8-12H,1-4H3/t8-,9-,10+,11-,12?/m0/s1/i1D,2D,3D. The molecule has 9 nitrogen and oxygen atoms in total. The van der Waals surface area contributed by atoms with E-state index in [1.807, 2.05) is 0 Å². The highest BCUT2D eigenvalue weighted by molar-refractivity contribution is 9.09. The van der Waals surface area contributed by atoms with Gasteiger partial charge < -0.3 is 23.7 Å². The van der Waals surface area contributed by atoms with E-state index in [1.54, 1.807) is 0 Å². The average Bonchev–Trinajstić information content (AvgIpc) is 2.64. The molecular weight excluding hydrogens is 380 g/mol. The zero-order valence-electron chi connectivity index (χ0n) is 15.1. The number of carbonyl (C=O) groups is 4. The summed E-state index contributed by atoms with van der Waals surface area (Å²) in [5.41, 5.74) is 0. The summed E-state index contributed by atoms with van der Waals surface area (Å²) in [6, 6.07) is 0. The van der Waals surface area contributed by atoms with E-state index in [9.17, 15) is 19.2 Å². The van der Waals surface area contributed by atoms with Crippen LogP contribution in [0.4, 0.5) is 0 Å². The molecule has 10 heteroatoms. The van der Waals surface area contributed by atoms with Crippen LogP contribution in [0.2, 0.25) is 0 Å². The van der Waals surface area contributed by atoms with Gasteiger partial charge in [0.1, 0.15) is 0 Å². The van der Waals surface area contributed by atoms with Gasteiger partial charge in [0.2, 0.25) is 0 Å². The van der Waals surface area contributed by atoms with E-state index in [4.69, 9.17) is 23.1 Å². The molecule has 23 heavy (non-hydrogen) atoms.